The minimum atomic E-state index is 0.604. The lowest BCUT2D eigenvalue weighted by Gasteiger charge is -2.02. The number of aromatic nitrogens is 2. The van der Waals surface area contributed by atoms with E-state index in [1.807, 2.05) is 12.1 Å². The fraction of sp³-hybridized carbons (Fsp3) is 0.0833. The molecule has 2 rings (SSSR count). The molecule has 80 valence electrons. The van der Waals surface area contributed by atoms with Gasteiger partial charge in [0, 0.05) is 29.9 Å². The maximum Gasteiger partial charge on any atom is 0.159 e. The van der Waals surface area contributed by atoms with Gasteiger partial charge in [-0.25, -0.2) is 9.97 Å². The molecule has 0 fully saturated rings. The smallest absolute Gasteiger partial charge is 0.159 e. The summed E-state index contributed by atoms with van der Waals surface area (Å²) in [6, 6.07) is 3.82. The lowest BCUT2D eigenvalue weighted by Crippen LogP contribution is -1.90. The molecular weight excluding hydrogens is 222 g/mol. The first kappa shape index (κ1) is 10.8. The van der Waals surface area contributed by atoms with Gasteiger partial charge in [-0.2, -0.15) is 0 Å². The van der Waals surface area contributed by atoms with Gasteiger partial charge in [-0.3, -0.25) is 4.99 Å². The summed E-state index contributed by atoms with van der Waals surface area (Å²) in [6.45, 7) is 7.20. The number of rotatable bonds is 3. The third-order valence-electron chi connectivity index (χ3n) is 2.19. The molecule has 2 aromatic rings. The predicted molar refractivity (Wildman–Crippen MR) is 66.9 cm³/mol. The van der Waals surface area contributed by atoms with E-state index in [0.717, 1.165) is 16.6 Å². The summed E-state index contributed by atoms with van der Waals surface area (Å²) >= 11 is 5.87. The molecular formula is C12H10ClN3. The van der Waals surface area contributed by atoms with Crippen molar-refractivity contribution in [3.8, 4) is 0 Å². The molecule has 0 bridgehead atoms. The zero-order valence-corrected chi connectivity index (χ0v) is 9.41. The van der Waals surface area contributed by atoms with Crippen LogP contribution in [0.25, 0.3) is 11.0 Å². The fourth-order valence-electron chi connectivity index (χ4n) is 1.43. The number of halogens is 1. The second-order valence-electron chi connectivity index (χ2n) is 3.44. The quantitative estimate of drug-likeness (QED) is 0.762. The first-order valence-electron chi connectivity index (χ1n) is 4.74. The van der Waals surface area contributed by atoms with Crippen molar-refractivity contribution in [3.63, 3.8) is 0 Å². The third-order valence-corrected chi connectivity index (χ3v) is 2.39. The molecule has 0 radical (unpaired) electrons. The fourth-order valence-corrected chi connectivity index (χ4v) is 1.60. The molecule has 0 unspecified atom stereocenters. The number of aliphatic imine (C=N–C) groups is 1. The highest BCUT2D eigenvalue weighted by Gasteiger charge is 2.01. The maximum atomic E-state index is 5.87. The Kier molecular flexibility index (Phi) is 2.97. The van der Waals surface area contributed by atoms with E-state index in [4.69, 9.17) is 11.6 Å². The second-order valence-corrected chi connectivity index (χ2v) is 3.88. The average molecular weight is 232 g/mol. The molecule has 0 amide bonds. The lowest BCUT2D eigenvalue weighted by atomic mass is 10.1. The van der Waals surface area contributed by atoms with E-state index in [9.17, 15) is 0 Å². The highest BCUT2D eigenvalue weighted by molar-refractivity contribution is 6.31. The van der Waals surface area contributed by atoms with Crippen LogP contribution in [0.1, 0.15) is 5.56 Å². The summed E-state index contributed by atoms with van der Waals surface area (Å²) < 4.78 is 0. The molecule has 0 aromatic carbocycles. The molecule has 0 aliphatic rings. The van der Waals surface area contributed by atoms with Crippen LogP contribution in [0, 0.1) is 0 Å². The normalized spacial score (nSPS) is 10.3. The molecule has 0 aliphatic carbocycles. The second kappa shape index (κ2) is 4.41. The largest absolute Gasteiger partial charge is 0.269 e. The summed E-state index contributed by atoms with van der Waals surface area (Å²) in [6.07, 6.45) is 3.99. The summed E-state index contributed by atoms with van der Waals surface area (Å²) in [5.41, 5.74) is 2.43. The van der Waals surface area contributed by atoms with E-state index in [2.05, 4.69) is 28.3 Å². The van der Waals surface area contributed by atoms with Gasteiger partial charge in [-0.05, 0) is 24.4 Å². The standard InChI is InChI=1S/C12H10ClN3/c1-8(14-2)3-9-4-10-5-11(13)7-16-12(10)15-6-9/h4-7H,1-3H2. The van der Waals surface area contributed by atoms with Crippen LogP contribution in [0.3, 0.4) is 0 Å². The minimum absolute atomic E-state index is 0.604. The molecule has 4 heteroatoms. The minimum Gasteiger partial charge on any atom is -0.269 e. The van der Waals surface area contributed by atoms with Gasteiger partial charge in [0.2, 0.25) is 0 Å². The van der Waals surface area contributed by atoms with Crippen LogP contribution in [0.4, 0.5) is 0 Å². The molecule has 0 N–H and O–H groups in total. The number of nitrogens with zero attached hydrogens (tertiary/aromatic N) is 3. The van der Waals surface area contributed by atoms with Crippen molar-refractivity contribution < 1.29 is 0 Å². The molecule has 2 heterocycles. The molecule has 0 spiro atoms. The van der Waals surface area contributed by atoms with E-state index >= 15 is 0 Å². The SMILES string of the molecule is C=NC(=C)Cc1cnc2ncc(Cl)cc2c1. The zero-order chi connectivity index (χ0) is 11.5. The molecule has 0 saturated heterocycles. The van der Waals surface area contributed by atoms with Gasteiger partial charge in [-0.1, -0.05) is 18.2 Å². The van der Waals surface area contributed by atoms with Gasteiger partial charge in [0.1, 0.15) is 0 Å². The lowest BCUT2D eigenvalue weighted by molar-refractivity contribution is 1.11. The van der Waals surface area contributed by atoms with Gasteiger partial charge in [0.15, 0.2) is 5.65 Å². The van der Waals surface area contributed by atoms with Crippen LogP contribution in [0.15, 0.2) is 41.8 Å². The van der Waals surface area contributed by atoms with Crippen molar-refractivity contribution in [3.05, 3.63) is 47.4 Å². The highest BCUT2D eigenvalue weighted by Crippen LogP contribution is 2.17. The Bertz CT molecular complexity index is 563. The predicted octanol–water partition coefficient (Wildman–Crippen LogP) is 3.04. The topological polar surface area (TPSA) is 38.1 Å². The van der Waals surface area contributed by atoms with E-state index in [-0.39, 0.29) is 0 Å². The first-order valence-corrected chi connectivity index (χ1v) is 5.11. The molecule has 16 heavy (non-hydrogen) atoms. The van der Waals surface area contributed by atoms with E-state index < -0.39 is 0 Å². The van der Waals surface area contributed by atoms with Crippen LogP contribution in [0.2, 0.25) is 5.02 Å². The van der Waals surface area contributed by atoms with E-state index in [0.29, 0.717) is 17.1 Å². The number of pyridine rings is 2. The van der Waals surface area contributed by atoms with Crippen LogP contribution in [0.5, 0.6) is 0 Å². The van der Waals surface area contributed by atoms with E-state index in [1.165, 1.54) is 0 Å². The van der Waals surface area contributed by atoms with Gasteiger partial charge < -0.3 is 0 Å². The maximum absolute atomic E-state index is 5.87. The molecule has 0 aliphatic heterocycles. The Morgan fingerprint density at radius 3 is 2.81 bits per heavy atom. The van der Waals surface area contributed by atoms with Crippen molar-refractivity contribution in [1.82, 2.24) is 9.97 Å². The van der Waals surface area contributed by atoms with Crippen molar-refractivity contribution in [2.45, 2.75) is 6.42 Å². The zero-order valence-electron chi connectivity index (χ0n) is 8.65. The average Bonchev–Trinajstić information content (AvgIpc) is 2.28. The van der Waals surface area contributed by atoms with Crippen LogP contribution < -0.4 is 0 Å². The Morgan fingerprint density at radius 1 is 1.31 bits per heavy atom. The number of fused-ring (bicyclic) bond motifs is 1. The molecule has 0 saturated carbocycles. The summed E-state index contributed by atoms with van der Waals surface area (Å²) in [7, 11) is 0. The summed E-state index contributed by atoms with van der Waals surface area (Å²) in [5, 5.41) is 1.52. The van der Waals surface area contributed by atoms with Gasteiger partial charge >= 0.3 is 0 Å². The molecule has 2 aromatic heterocycles. The van der Waals surface area contributed by atoms with Gasteiger partial charge in [0.25, 0.3) is 0 Å². The van der Waals surface area contributed by atoms with Crippen LogP contribution in [-0.4, -0.2) is 16.7 Å². The summed E-state index contributed by atoms with van der Waals surface area (Å²) in [4.78, 5) is 12.1. The summed E-state index contributed by atoms with van der Waals surface area (Å²) in [5.74, 6) is 0. The Hall–Kier alpha value is -1.74. The van der Waals surface area contributed by atoms with E-state index in [1.54, 1.807) is 12.4 Å². The highest BCUT2D eigenvalue weighted by atomic mass is 35.5. The van der Waals surface area contributed by atoms with Crippen molar-refractivity contribution in [2.75, 3.05) is 0 Å². The number of hydrogen-bond donors (Lipinski definition) is 0. The van der Waals surface area contributed by atoms with Crippen molar-refractivity contribution in [2.24, 2.45) is 4.99 Å². The molecule has 3 nitrogen and oxygen atoms in total. The van der Waals surface area contributed by atoms with Crippen LogP contribution >= 0.6 is 11.6 Å². The molecule has 0 atom stereocenters. The van der Waals surface area contributed by atoms with Gasteiger partial charge in [0.05, 0.1) is 5.02 Å². The first-order chi connectivity index (χ1) is 7.69. The van der Waals surface area contributed by atoms with Crippen molar-refractivity contribution in [1.29, 1.82) is 0 Å². The van der Waals surface area contributed by atoms with Crippen molar-refractivity contribution >= 4 is 29.4 Å². The van der Waals surface area contributed by atoms with Gasteiger partial charge in [-0.15, -0.1) is 0 Å². The number of hydrogen-bond acceptors (Lipinski definition) is 3. The Morgan fingerprint density at radius 2 is 2.06 bits per heavy atom. The Labute approximate surface area is 98.5 Å². The van der Waals surface area contributed by atoms with Crippen LogP contribution in [-0.2, 0) is 6.42 Å². The third kappa shape index (κ3) is 2.25. The Balaban J connectivity index is 2.42. The monoisotopic (exact) mass is 231 g/mol. The number of allylic oxidation sites excluding steroid dienone is 1.